The number of nitrogens with two attached hydrogens (primary N) is 1. The van der Waals surface area contributed by atoms with E-state index in [9.17, 15) is 14.7 Å². The van der Waals surface area contributed by atoms with Gasteiger partial charge in [-0.1, -0.05) is 28.1 Å². The zero-order chi connectivity index (χ0) is 27.1. The van der Waals surface area contributed by atoms with Gasteiger partial charge in [-0.25, -0.2) is 4.79 Å². The number of ether oxygens (including phenoxy) is 4. The quantitative estimate of drug-likeness (QED) is 0.195. The van der Waals surface area contributed by atoms with E-state index in [-0.39, 0.29) is 24.7 Å². The fraction of sp³-hybridized carbons (Fsp3) is 0.185. The van der Waals surface area contributed by atoms with Crippen molar-refractivity contribution in [3.8, 4) is 17.2 Å². The number of halogens is 1. The molecule has 1 aliphatic heterocycles. The van der Waals surface area contributed by atoms with E-state index in [1.807, 2.05) is 0 Å². The van der Waals surface area contributed by atoms with Crippen molar-refractivity contribution in [1.82, 2.24) is 0 Å². The lowest BCUT2D eigenvalue weighted by molar-refractivity contribution is -0.112. The molecule has 0 saturated carbocycles. The molecular formula is C27H26BrN3O7. The minimum absolute atomic E-state index is 0.0975. The number of phenolic OH excluding ortho intramolecular Hbond substituents is 1. The lowest BCUT2D eigenvalue weighted by Crippen LogP contribution is -2.28. The molecule has 0 fully saturated rings. The van der Waals surface area contributed by atoms with E-state index in [1.54, 1.807) is 61.5 Å². The Morgan fingerprint density at radius 1 is 1.11 bits per heavy atom. The minimum Gasteiger partial charge on any atom is -0.508 e. The van der Waals surface area contributed by atoms with E-state index < -0.39 is 24.2 Å². The molecule has 198 valence electrons. The largest absolute Gasteiger partial charge is 0.508 e. The molecule has 11 heteroatoms. The molecule has 1 heterocycles. The highest BCUT2D eigenvalue weighted by atomic mass is 79.9. The van der Waals surface area contributed by atoms with Crippen LogP contribution < -0.4 is 25.8 Å². The summed E-state index contributed by atoms with van der Waals surface area (Å²) in [4.78, 5) is 25.5. The maximum Gasteiger partial charge on any atom is 0.412 e. The third-order valence-electron chi connectivity index (χ3n) is 5.46. The molecule has 4 rings (SSSR count). The van der Waals surface area contributed by atoms with Crippen LogP contribution in [-0.4, -0.2) is 36.6 Å². The lowest BCUT2D eigenvalue weighted by atomic mass is 10.0. The maximum atomic E-state index is 12.9. The highest BCUT2D eigenvalue weighted by Gasteiger charge is 2.29. The standard InChI is InChI=1S/C27H26BrN3O7/c1-2-35-23(11-12-25(33)31-20-6-4-3-5-19(20)29)26(18-13-16(28)7-9-21(18)32)38-27(34)30-17-8-10-22-24(14-17)37-15-36-22/h3-14,23,26,32H,2,15,29H2,1H3,(H,30,34)(H,31,33)/b12-11+/t23-,26-/m0/s1. The van der Waals surface area contributed by atoms with E-state index in [1.165, 1.54) is 18.2 Å². The van der Waals surface area contributed by atoms with Gasteiger partial charge in [0, 0.05) is 34.5 Å². The number of rotatable bonds is 9. The summed E-state index contributed by atoms with van der Waals surface area (Å²) in [5, 5.41) is 15.9. The molecule has 3 aromatic carbocycles. The van der Waals surface area contributed by atoms with Crippen LogP contribution in [0.15, 0.2) is 77.3 Å². The lowest BCUT2D eigenvalue weighted by Gasteiger charge is -2.26. The first-order valence-corrected chi connectivity index (χ1v) is 12.4. The molecule has 5 N–H and O–H groups in total. The molecule has 1 aliphatic rings. The summed E-state index contributed by atoms with van der Waals surface area (Å²) in [6, 6.07) is 16.5. The van der Waals surface area contributed by atoms with Gasteiger partial charge in [-0.05, 0) is 55.5 Å². The molecule has 38 heavy (non-hydrogen) atoms. The van der Waals surface area contributed by atoms with Crippen LogP contribution in [0.4, 0.5) is 21.9 Å². The topological polar surface area (TPSA) is 141 Å². The van der Waals surface area contributed by atoms with Crippen molar-refractivity contribution in [2.24, 2.45) is 0 Å². The van der Waals surface area contributed by atoms with Crippen LogP contribution in [0.1, 0.15) is 18.6 Å². The summed E-state index contributed by atoms with van der Waals surface area (Å²) < 4.78 is 22.9. The number of anilines is 3. The van der Waals surface area contributed by atoms with Crippen molar-refractivity contribution in [3.63, 3.8) is 0 Å². The van der Waals surface area contributed by atoms with Gasteiger partial charge in [0.15, 0.2) is 17.6 Å². The number of nitrogen functional groups attached to an aromatic ring is 1. The van der Waals surface area contributed by atoms with Gasteiger partial charge in [0.25, 0.3) is 0 Å². The Labute approximate surface area is 227 Å². The average Bonchev–Trinajstić information content (AvgIpc) is 3.36. The molecular weight excluding hydrogens is 558 g/mol. The Bertz CT molecular complexity index is 1350. The van der Waals surface area contributed by atoms with Gasteiger partial charge >= 0.3 is 6.09 Å². The SMILES string of the molecule is CCO[C@@H](/C=C/C(=O)Nc1ccccc1N)[C@@H](OC(=O)Nc1ccc2c(c1)OCO2)c1cc(Br)ccc1O. The van der Waals surface area contributed by atoms with E-state index in [0.29, 0.717) is 33.0 Å². The molecule has 10 nitrogen and oxygen atoms in total. The van der Waals surface area contributed by atoms with Crippen LogP contribution >= 0.6 is 15.9 Å². The van der Waals surface area contributed by atoms with Crippen molar-refractivity contribution in [2.45, 2.75) is 19.1 Å². The zero-order valence-corrected chi connectivity index (χ0v) is 21.9. The second-order valence-corrected chi connectivity index (χ2v) is 8.99. The highest BCUT2D eigenvalue weighted by molar-refractivity contribution is 9.10. The summed E-state index contributed by atoms with van der Waals surface area (Å²) >= 11 is 3.38. The predicted molar refractivity (Wildman–Crippen MR) is 145 cm³/mol. The Morgan fingerprint density at radius 2 is 1.89 bits per heavy atom. The molecule has 0 aromatic heterocycles. The summed E-state index contributed by atoms with van der Waals surface area (Å²) in [6.45, 7) is 2.09. The number of amides is 2. The number of phenols is 1. The molecule has 2 amide bonds. The van der Waals surface area contributed by atoms with Crippen molar-refractivity contribution in [1.29, 1.82) is 0 Å². The van der Waals surface area contributed by atoms with E-state index in [0.717, 1.165) is 0 Å². The molecule has 0 aliphatic carbocycles. The number of para-hydroxylation sites is 2. The maximum absolute atomic E-state index is 12.9. The van der Waals surface area contributed by atoms with Crippen molar-refractivity contribution >= 4 is 45.0 Å². The van der Waals surface area contributed by atoms with Gasteiger partial charge in [-0.3, -0.25) is 10.1 Å². The van der Waals surface area contributed by atoms with Gasteiger partial charge in [0.05, 0.1) is 11.4 Å². The van der Waals surface area contributed by atoms with E-state index in [4.69, 9.17) is 24.7 Å². The molecule has 0 radical (unpaired) electrons. The van der Waals surface area contributed by atoms with Gasteiger partial charge in [0.2, 0.25) is 12.7 Å². The number of aromatic hydroxyl groups is 1. The van der Waals surface area contributed by atoms with Crippen LogP contribution in [0.2, 0.25) is 0 Å². The van der Waals surface area contributed by atoms with Gasteiger partial charge in [0.1, 0.15) is 11.9 Å². The van der Waals surface area contributed by atoms with Gasteiger partial charge < -0.3 is 35.1 Å². The Morgan fingerprint density at radius 3 is 2.68 bits per heavy atom. The monoisotopic (exact) mass is 583 g/mol. The summed E-state index contributed by atoms with van der Waals surface area (Å²) in [6.07, 6.45) is -0.146. The first kappa shape index (κ1) is 26.8. The van der Waals surface area contributed by atoms with E-state index in [2.05, 4.69) is 26.6 Å². The Balaban J connectivity index is 1.56. The first-order valence-electron chi connectivity index (χ1n) is 11.6. The molecule has 0 unspecified atom stereocenters. The summed E-state index contributed by atoms with van der Waals surface area (Å²) in [5.74, 6) is 0.477. The van der Waals surface area contributed by atoms with Crippen molar-refractivity contribution in [3.05, 3.63) is 82.9 Å². The molecule has 2 atom stereocenters. The zero-order valence-electron chi connectivity index (χ0n) is 20.3. The third-order valence-corrected chi connectivity index (χ3v) is 5.96. The van der Waals surface area contributed by atoms with E-state index >= 15 is 0 Å². The Hall–Kier alpha value is -4.22. The van der Waals surface area contributed by atoms with Gasteiger partial charge in [-0.2, -0.15) is 0 Å². The number of nitrogens with one attached hydrogen (secondary N) is 2. The number of fused-ring (bicyclic) bond motifs is 1. The predicted octanol–water partition coefficient (Wildman–Crippen LogP) is 5.36. The minimum atomic E-state index is -1.12. The molecule has 0 spiro atoms. The number of hydrogen-bond donors (Lipinski definition) is 4. The number of hydrogen-bond acceptors (Lipinski definition) is 8. The van der Waals surface area contributed by atoms with Gasteiger partial charge in [-0.15, -0.1) is 0 Å². The number of benzene rings is 3. The third kappa shape index (κ3) is 6.75. The van der Waals surface area contributed by atoms with Crippen LogP contribution in [0.5, 0.6) is 17.2 Å². The smallest absolute Gasteiger partial charge is 0.412 e. The average molecular weight is 584 g/mol. The van der Waals surface area contributed by atoms with Crippen LogP contribution in [0, 0.1) is 0 Å². The second-order valence-electron chi connectivity index (χ2n) is 8.08. The highest BCUT2D eigenvalue weighted by Crippen LogP contribution is 2.36. The van der Waals surface area contributed by atoms with Crippen molar-refractivity contribution in [2.75, 3.05) is 29.8 Å². The number of carbonyl (C=O) groups is 2. The normalized spacial score (nSPS) is 13.6. The van der Waals surface area contributed by atoms with Crippen LogP contribution in [-0.2, 0) is 14.3 Å². The molecule has 3 aromatic rings. The fourth-order valence-corrected chi connectivity index (χ4v) is 4.08. The molecule has 0 bridgehead atoms. The van der Waals surface area contributed by atoms with Crippen LogP contribution in [0.25, 0.3) is 0 Å². The number of carbonyl (C=O) groups excluding carboxylic acids is 2. The summed E-state index contributed by atoms with van der Waals surface area (Å²) in [5.41, 5.74) is 7.46. The molecule has 0 saturated heterocycles. The summed E-state index contributed by atoms with van der Waals surface area (Å²) in [7, 11) is 0. The first-order chi connectivity index (χ1) is 18.3. The van der Waals surface area contributed by atoms with Crippen molar-refractivity contribution < 1.29 is 33.6 Å². The Kier molecular flexibility index (Phi) is 8.72. The fourth-order valence-electron chi connectivity index (χ4n) is 3.70. The van der Waals surface area contributed by atoms with Crippen LogP contribution in [0.3, 0.4) is 0 Å². The second kappa shape index (κ2) is 12.3.